The van der Waals surface area contributed by atoms with Crippen molar-refractivity contribution >= 4 is 12.0 Å². The van der Waals surface area contributed by atoms with E-state index in [1.807, 2.05) is 6.92 Å². The fourth-order valence-electron chi connectivity index (χ4n) is 2.70. The zero-order valence-corrected chi connectivity index (χ0v) is 13.1. The highest BCUT2D eigenvalue weighted by molar-refractivity contribution is 5.86. The maximum absolute atomic E-state index is 12.0. The van der Waals surface area contributed by atoms with Crippen LogP contribution < -0.4 is 10.6 Å². The average Bonchev–Trinajstić information content (AvgIpc) is 2.30. The molecule has 1 saturated carbocycles. The Kier molecular flexibility index (Phi) is 5.42. The number of carboxylic acid groups (broad SMARTS) is 1. The molecule has 0 aliphatic heterocycles. The summed E-state index contributed by atoms with van der Waals surface area (Å²) in [6.45, 7) is 8.78. The molecule has 0 aromatic carbocycles. The Morgan fingerprint density at radius 2 is 1.95 bits per heavy atom. The normalized spacial score (nSPS) is 26.9. The maximum Gasteiger partial charge on any atom is 0.329 e. The van der Waals surface area contributed by atoms with E-state index in [0.717, 1.165) is 25.7 Å². The quantitative estimate of drug-likeness (QED) is 0.742. The Balaban J connectivity index is 2.58. The van der Waals surface area contributed by atoms with Crippen LogP contribution in [0.5, 0.6) is 0 Å². The monoisotopic (exact) mass is 284 g/mol. The van der Waals surface area contributed by atoms with Crippen molar-refractivity contribution in [3.63, 3.8) is 0 Å². The van der Waals surface area contributed by atoms with Crippen LogP contribution in [0.1, 0.15) is 59.8 Å². The lowest BCUT2D eigenvalue weighted by atomic mass is 9.73. The molecule has 1 fully saturated rings. The average molecular weight is 284 g/mol. The molecule has 0 aromatic heterocycles. The predicted molar refractivity (Wildman–Crippen MR) is 78.6 cm³/mol. The number of aliphatic carboxylic acids is 1. The minimum Gasteiger partial charge on any atom is -0.479 e. The smallest absolute Gasteiger partial charge is 0.329 e. The molecule has 1 aliphatic rings. The molecule has 5 nitrogen and oxygen atoms in total. The third kappa shape index (κ3) is 4.39. The molecular formula is C15H28N2O3. The van der Waals surface area contributed by atoms with E-state index < -0.39 is 11.5 Å². The summed E-state index contributed by atoms with van der Waals surface area (Å²) in [7, 11) is 0. The molecule has 3 N–H and O–H groups in total. The van der Waals surface area contributed by atoms with E-state index in [9.17, 15) is 14.7 Å². The summed E-state index contributed by atoms with van der Waals surface area (Å²) in [5, 5.41) is 15.0. The standard InChI is InChI=1S/C15H28N2O3/c1-11-7-5-6-8-15(11,12(18)19)17-13(20)16-10-9-14(2,3)4/h11H,5-10H2,1-4H3,(H,18,19)(H2,16,17,20). The van der Waals surface area contributed by atoms with Gasteiger partial charge in [-0.1, -0.05) is 40.5 Å². The number of hydrogen-bond donors (Lipinski definition) is 3. The van der Waals surface area contributed by atoms with Gasteiger partial charge in [0, 0.05) is 6.54 Å². The molecule has 0 heterocycles. The van der Waals surface area contributed by atoms with Crippen molar-refractivity contribution in [3.05, 3.63) is 0 Å². The second-order valence-electron chi connectivity index (χ2n) is 7.11. The number of nitrogens with one attached hydrogen (secondary N) is 2. The Hall–Kier alpha value is -1.26. The van der Waals surface area contributed by atoms with Gasteiger partial charge in [-0.05, 0) is 30.6 Å². The van der Waals surface area contributed by atoms with Crippen LogP contribution in [0.2, 0.25) is 0 Å². The first-order valence-electron chi connectivity index (χ1n) is 7.47. The molecule has 2 atom stereocenters. The van der Waals surface area contributed by atoms with Gasteiger partial charge in [-0.3, -0.25) is 0 Å². The molecule has 2 unspecified atom stereocenters. The van der Waals surface area contributed by atoms with E-state index in [0.29, 0.717) is 13.0 Å². The van der Waals surface area contributed by atoms with Crippen LogP contribution in [0.25, 0.3) is 0 Å². The molecule has 2 amide bonds. The van der Waals surface area contributed by atoms with Crippen molar-refractivity contribution in [3.8, 4) is 0 Å². The van der Waals surface area contributed by atoms with Crippen LogP contribution in [0.3, 0.4) is 0 Å². The van der Waals surface area contributed by atoms with Crippen LogP contribution in [0.15, 0.2) is 0 Å². The van der Waals surface area contributed by atoms with E-state index in [-0.39, 0.29) is 17.4 Å². The maximum atomic E-state index is 12.0. The number of carboxylic acids is 1. The fourth-order valence-corrected chi connectivity index (χ4v) is 2.70. The van der Waals surface area contributed by atoms with Gasteiger partial charge in [0.15, 0.2) is 0 Å². The van der Waals surface area contributed by atoms with Crippen molar-refractivity contribution in [2.75, 3.05) is 6.54 Å². The minimum atomic E-state index is -1.11. The van der Waals surface area contributed by atoms with Crippen molar-refractivity contribution in [1.29, 1.82) is 0 Å². The Bertz CT molecular complexity index is 363. The predicted octanol–water partition coefficient (Wildman–Crippen LogP) is 2.76. The van der Waals surface area contributed by atoms with Gasteiger partial charge in [-0.2, -0.15) is 0 Å². The Morgan fingerprint density at radius 1 is 1.30 bits per heavy atom. The van der Waals surface area contributed by atoms with Crippen LogP contribution in [0, 0.1) is 11.3 Å². The molecule has 0 aromatic rings. The summed E-state index contributed by atoms with van der Waals surface area (Å²) < 4.78 is 0. The Labute approximate surface area is 121 Å². The number of urea groups is 1. The summed E-state index contributed by atoms with van der Waals surface area (Å²) in [6, 6.07) is -0.370. The van der Waals surface area contributed by atoms with E-state index in [1.54, 1.807) is 0 Å². The number of amides is 2. The van der Waals surface area contributed by atoms with Crippen LogP contribution >= 0.6 is 0 Å². The molecule has 5 heteroatoms. The molecule has 116 valence electrons. The van der Waals surface area contributed by atoms with Crippen LogP contribution in [0.4, 0.5) is 4.79 Å². The lowest BCUT2D eigenvalue weighted by molar-refractivity contribution is -0.148. The van der Waals surface area contributed by atoms with Crippen molar-refractivity contribution < 1.29 is 14.7 Å². The van der Waals surface area contributed by atoms with Gasteiger partial charge in [0.2, 0.25) is 0 Å². The summed E-state index contributed by atoms with van der Waals surface area (Å²) >= 11 is 0. The number of rotatable bonds is 4. The summed E-state index contributed by atoms with van der Waals surface area (Å²) in [5.74, 6) is -0.960. The minimum absolute atomic E-state index is 0.0397. The topological polar surface area (TPSA) is 78.4 Å². The van der Waals surface area contributed by atoms with Gasteiger partial charge >= 0.3 is 12.0 Å². The lowest BCUT2D eigenvalue weighted by Gasteiger charge is -2.39. The second kappa shape index (κ2) is 6.46. The largest absolute Gasteiger partial charge is 0.479 e. The highest BCUT2D eigenvalue weighted by Gasteiger charge is 2.46. The Morgan fingerprint density at radius 3 is 2.45 bits per heavy atom. The SMILES string of the molecule is CC1CCCCC1(NC(=O)NCCC(C)(C)C)C(=O)O. The third-order valence-electron chi connectivity index (χ3n) is 4.18. The van der Waals surface area contributed by atoms with Crippen molar-refractivity contribution in [1.82, 2.24) is 10.6 Å². The first-order chi connectivity index (χ1) is 9.17. The highest BCUT2D eigenvalue weighted by atomic mass is 16.4. The van der Waals surface area contributed by atoms with Gasteiger partial charge in [-0.15, -0.1) is 0 Å². The zero-order valence-electron chi connectivity index (χ0n) is 13.1. The molecular weight excluding hydrogens is 256 g/mol. The summed E-state index contributed by atoms with van der Waals surface area (Å²) in [4.78, 5) is 23.6. The van der Waals surface area contributed by atoms with Gasteiger partial charge in [0.25, 0.3) is 0 Å². The first kappa shape index (κ1) is 16.8. The first-order valence-corrected chi connectivity index (χ1v) is 7.47. The summed E-state index contributed by atoms with van der Waals surface area (Å²) in [6.07, 6.45) is 4.09. The van der Waals surface area contributed by atoms with Crippen LogP contribution in [-0.2, 0) is 4.79 Å². The number of hydrogen-bond acceptors (Lipinski definition) is 2. The van der Waals surface area contributed by atoms with E-state index in [2.05, 4.69) is 31.4 Å². The number of carbonyl (C=O) groups is 2. The van der Waals surface area contributed by atoms with Gasteiger partial charge in [0.05, 0.1) is 0 Å². The van der Waals surface area contributed by atoms with E-state index in [4.69, 9.17) is 0 Å². The molecule has 1 rings (SSSR count). The fraction of sp³-hybridized carbons (Fsp3) is 0.867. The van der Waals surface area contributed by atoms with Crippen molar-refractivity contribution in [2.24, 2.45) is 11.3 Å². The number of carbonyl (C=O) groups excluding carboxylic acids is 1. The molecule has 0 radical (unpaired) electrons. The van der Waals surface area contributed by atoms with Gasteiger partial charge < -0.3 is 15.7 Å². The molecule has 1 aliphatic carbocycles. The molecule has 0 spiro atoms. The lowest BCUT2D eigenvalue weighted by Crippen LogP contribution is -2.62. The zero-order chi connectivity index (χ0) is 15.4. The molecule has 0 saturated heterocycles. The van der Waals surface area contributed by atoms with Gasteiger partial charge in [-0.25, -0.2) is 9.59 Å². The van der Waals surface area contributed by atoms with Gasteiger partial charge in [0.1, 0.15) is 5.54 Å². The van der Waals surface area contributed by atoms with E-state index >= 15 is 0 Å². The molecule has 0 bridgehead atoms. The van der Waals surface area contributed by atoms with E-state index in [1.165, 1.54) is 0 Å². The van der Waals surface area contributed by atoms with Crippen molar-refractivity contribution in [2.45, 2.75) is 65.3 Å². The molecule has 20 heavy (non-hydrogen) atoms. The summed E-state index contributed by atoms with van der Waals surface area (Å²) in [5.41, 5.74) is -0.958. The van der Waals surface area contributed by atoms with Crippen LogP contribution in [-0.4, -0.2) is 29.2 Å². The third-order valence-corrected chi connectivity index (χ3v) is 4.18. The second-order valence-corrected chi connectivity index (χ2v) is 7.11. The highest BCUT2D eigenvalue weighted by Crippen LogP contribution is 2.33.